The van der Waals surface area contributed by atoms with Crippen molar-refractivity contribution in [3.63, 3.8) is 0 Å². The van der Waals surface area contributed by atoms with E-state index in [2.05, 4.69) is 13.8 Å². The van der Waals surface area contributed by atoms with E-state index in [9.17, 15) is 14.7 Å². The van der Waals surface area contributed by atoms with Crippen LogP contribution >= 0.6 is 0 Å². The average Bonchev–Trinajstić information content (AvgIpc) is 3.02. The number of Topliss-reactive ketones (excluding diaryl/α,β-unsaturated/α-hetero) is 1. The summed E-state index contributed by atoms with van der Waals surface area (Å²) in [7, 11) is 0. The lowest BCUT2D eigenvalue weighted by molar-refractivity contribution is -0.156. The van der Waals surface area contributed by atoms with Crippen LogP contribution in [-0.4, -0.2) is 28.1 Å². The number of aliphatic carboxylic acids is 1. The van der Waals surface area contributed by atoms with Gasteiger partial charge in [-0.2, -0.15) is 0 Å². The molecule has 4 saturated carbocycles. The third-order valence-electron chi connectivity index (χ3n) is 10.3. The first-order chi connectivity index (χ1) is 13.2. The van der Waals surface area contributed by atoms with Crippen LogP contribution in [0.2, 0.25) is 0 Å². The van der Waals surface area contributed by atoms with E-state index in [-0.39, 0.29) is 17.3 Å². The van der Waals surface area contributed by atoms with Gasteiger partial charge in [-0.05, 0) is 97.7 Å². The van der Waals surface area contributed by atoms with Gasteiger partial charge >= 0.3 is 5.97 Å². The molecule has 4 rings (SSSR count). The van der Waals surface area contributed by atoms with Crippen LogP contribution in [0.25, 0.3) is 0 Å². The first kappa shape index (κ1) is 20.4. The zero-order valence-corrected chi connectivity index (χ0v) is 17.8. The first-order valence-electron chi connectivity index (χ1n) is 11.7. The Hall–Kier alpha value is -0.900. The zero-order chi connectivity index (χ0) is 20.3. The molecule has 0 aromatic heterocycles. The molecule has 0 aromatic rings. The van der Waals surface area contributed by atoms with Gasteiger partial charge in [-0.15, -0.1) is 0 Å². The number of hydrogen-bond acceptors (Lipinski definition) is 3. The van der Waals surface area contributed by atoms with Gasteiger partial charge in [0.05, 0.1) is 0 Å². The lowest BCUT2D eigenvalue weighted by atomic mass is 9.44. The number of carbonyl (C=O) groups is 2. The highest BCUT2D eigenvalue weighted by Crippen LogP contribution is 2.68. The minimum atomic E-state index is -1.51. The van der Waals surface area contributed by atoms with Gasteiger partial charge in [0.2, 0.25) is 0 Å². The molecule has 4 heteroatoms. The summed E-state index contributed by atoms with van der Waals surface area (Å²) in [6, 6.07) is 0. The van der Waals surface area contributed by atoms with Crippen molar-refractivity contribution in [2.75, 3.05) is 0 Å². The van der Waals surface area contributed by atoms with Gasteiger partial charge in [0.1, 0.15) is 6.10 Å². The molecule has 9 atom stereocenters. The van der Waals surface area contributed by atoms with Crippen molar-refractivity contribution in [3.8, 4) is 0 Å². The number of rotatable bonds is 4. The van der Waals surface area contributed by atoms with Gasteiger partial charge in [0, 0.05) is 0 Å². The van der Waals surface area contributed by atoms with Gasteiger partial charge in [0.15, 0.2) is 0 Å². The number of aliphatic hydroxyl groups is 1. The van der Waals surface area contributed by atoms with Crippen molar-refractivity contribution in [2.45, 2.75) is 91.1 Å². The van der Waals surface area contributed by atoms with Crippen molar-refractivity contribution >= 4 is 11.8 Å². The Labute approximate surface area is 169 Å². The molecule has 4 fully saturated rings. The topological polar surface area (TPSA) is 74.6 Å². The van der Waals surface area contributed by atoms with Gasteiger partial charge in [0.25, 0.3) is 5.78 Å². The van der Waals surface area contributed by atoms with Crippen LogP contribution in [-0.2, 0) is 9.59 Å². The van der Waals surface area contributed by atoms with Gasteiger partial charge in [-0.1, -0.05) is 33.6 Å². The molecule has 0 saturated heterocycles. The molecule has 0 bridgehead atoms. The van der Waals surface area contributed by atoms with Crippen molar-refractivity contribution in [3.05, 3.63) is 0 Å². The number of aliphatic hydroxyl groups excluding tert-OH is 1. The molecule has 0 aromatic carbocycles. The number of carbonyl (C=O) groups excluding carboxylic acids is 1. The zero-order valence-electron chi connectivity index (χ0n) is 17.8. The Kier molecular flexibility index (Phi) is 5.17. The largest absolute Gasteiger partial charge is 0.475 e. The predicted molar refractivity (Wildman–Crippen MR) is 108 cm³/mol. The molecule has 28 heavy (non-hydrogen) atoms. The highest BCUT2D eigenvalue weighted by atomic mass is 16.4. The van der Waals surface area contributed by atoms with Crippen LogP contribution in [0.3, 0.4) is 0 Å². The summed E-state index contributed by atoms with van der Waals surface area (Å²) >= 11 is 0. The lowest BCUT2D eigenvalue weighted by Gasteiger charge is -2.61. The Bertz CT molecular complexity index is 645. The van der Waals surface area contributed by atoms with Crippen LogP contribution in [0.15, 0.2) is 0 Å². The maximum absolute atomic E-state index is 11.9. The third-order valence-corrected chi connectivity index (χ3v) is 10.3. The number of ketones is 1. The smallest absolute Gasteiger partial charge is 0.375 e. The normalized spacial score (nSPS) is 47.4. The molecule has 4 aliphatic carbocycles. The number of hydrogen-bond donors (Lipinski definition) is 2. The number of fused-ring (bicyclic) bond motifs is 5. The van der Waals surface area contributed by atoms with E-state index >= 15 is 0 Å². The second-order valence-electron chi connectivity index (χ2n) is 11.1. The quantitative estimate of drug-likeness (QED) is 0.683. The molecular weight excluding hydrogens is 352 g/mol. The van der Waals surface area contributed by atoms with Gasteiger partial charge in [-0.3, -0.25) is 4.79 Å². The molecule has 2 N–H and O–H groups in total. The predicted octanol–water partition coefficient (Wildman–Crippen LogP) is 4.69. The standard InChI is InChI=1S/C24H38O4/c1-14(20(25)21(26)22(27)28)17-9-10-18-16-8-7-15-6-4-5-12-23(15,2)19(16)11-13-24(17,18)3/h14-20,25H,4-13H2,1-3H3,(H,27,28)/t14-,15?,16-,17+,18-,19-,20?,23-,24+/m0/s1. The first-order valence-corrected chi connectivity index (χ1v) is 11.7. The van der Waals surface area contributed by atoms with Gasteiger partial charge in [-0.25, -0.2) is 4.79 Å². The third kappa shape index (κ3) is 2.88. The summed E-state index contributed by atoms with van der Waals surface area (Å²) in [6.07, 6.45) is 11.6. The second kappa shape index (κ2) is 7.11. The van der Waals surface area contributed by atoms with E-state index in [1.807, 2.05) is 6.92 Å². The monoisotopic (exact) mass is 390 g/mol. The number of carboxylic acids is 1. The summed E-state index contributed by atoms with van der Waals surface area (Å²) in [5.74, 6) is 0.621. The molecule has 0 spiro atoms. The van der Waals surface area contributed by atoms with Crippen molar-refractivity contribution < 1.29 is 19.8 Å². The van der Waals surface area contributed by atoms with E-state index in [0.717, 1.165) is 24.2 Å². The molecule has 4 aliphatic rings. The Morgan fingerprint density at radius 3 is 2.32 bits per heavy atom. The van der Waals surface area contributed by atoms with E-state index in [1.165, 1.54) is 57.8 Å². The minimum Gasteiger partial charge on any atom is -0.475 e. The van der Waals surface area contributed by atoms with Crippen LogP contribution < -0.4 is 0 Å². The molecule has 0 heterocycles. The molecule has 158 valence electrons. The van der Waals surface area contributed by atoms with Crippen LogP contribution in [0, 0.1) is 46.3 Å². The summed E-state index contributed by atoms with van der Waals surface area (Å²) in [6.45, 7) is 6.87. The SMILES string of the molecule is C[C@H](C(O)C(=O)C(=O)O)[C@H]1CC[C@H]2[C@@H]3CCC4CCCC[C@]4(C)[C@H]3CC[C@]12C. The molecular formula is C24H38O4. The second-order valence-corrected chi connectivity index (χ2v) is 11.1. The molecule has 0 aliphatic heterocycles. The summed E-state index contributed by atoms with van der Waals surface area (Å²) < 4.78 is 0. The fourth-order valence-corrected chi connectivity index (χ4v) is 8.78. The highest BCUT2D eigenvalue weighted by molar-refractivity contribution is 6.34. The Balaban J connectivity index is 1.55. The Morgan fingerprint density at radius 2 is 1.61 bits per heavy atom. The fraction of sp³-hybridized carbons (Fsp3) is 0.917. The molecule has 0 amide bonds. The summed E-state index contributed by atoms with van der Waals surface area (Å²) in [5, 5.41) is 19.4. The van der Waals surface area contributed by atoms with E-state index < -0.39 is 17.9 Å². The molecule has 4 nitrogen and oxygen atoms in total. The maximum Gasteiger partial charge on any atom is 0.375 e. The van der Waals surface area contributed by atoms with E-state index in [1.54, 1.807) is 0 Å². The molecule has 0 radical (unpaired) electrons. The summed E-state index contributed by atoms with van der Waals surface area (Å²) in [4.78, 5) is 23.0. The Morgan fingerprint density at radius 1 is 0.893 bits per heavy atom. The lowest BCUT2D eigenvalue weighted by Crippen LogP contribution is -2.53. The van der Waals surface area contributed by atoms with Crippen LogP contribution in [0.4, 0.5) is 0 Å². The van der Waals surface area contributed by atoms with Crippen LogP contribution in [0.5, 0.6) is 0 Å². The van der Waals surface area contributed by atoms with E-state index in [4.69, 9.17) is 5.11 Å². The average molecular weight is 391 g/mol. The fourth-order valence-electron chi connectivity index (χ4n) is 8.78. The molecule has 2 unspecified atom stereocenters. The van der Waals surface area contributed by atoms with Crippen molar-refractivity contribution in [1.82, 2.24) is 0 Å². The number of carboxylic acid groups (broad SMARTS) is 1. The van der Waals surface area contributed by atoms with Gasteiger partial charge < -0.3 is 10.2 Å². The van der Waals surface area contributed by atoms with E-state index in [0.29, 0.717) is 11.3 Å². The highest BCUT2D eigenvalue weighted by Gasteiger charge is 2.60. The van der Waals surface area contributed by atoms with Crippen molar-refractivity contribution in [1.29, 1.82) is 0 Å². The summed E-state index contributed by atoms with van der Waals surface area (Å²) in [5.41, 5.74) is 0.656. The maximum atomic E-state index is 11.9. The van der Waals surface area contributed by atoms with Crippen molar-refractivity contribution in [2.24, 2.45) is 46.3 Å². The minimum absolute atomic E-state index is 0.137. The van der Waals surface area contributed by atoms with Crippen LogP contribution in [0.1, 0.15) is 85.0 Å².